The second-order valence-electron chi connectivity index (χ2n) is 5.36. The van der Waals surface area contributed by atoms with E-state index in [1.807, 2.05) is 6.07 Å². The normalized spacial score (nSPS) is 12.4. The highest BCUT2D eigenvalue weighted by atomic mass is 32.2. The number of benzene rings is 1. The molecule has 0 saturated heterocycles. The van der Waals surface area contributed by atoms with Crippen molar-refractivity contribution in [3.8, 4) is 0 Å². The first-order valence-corrected chi connectivity index (χ1v) is 9.50. The van der Waals surface area contributed by atoms with Gasteiger partial charge in [0.1, 0.15) is 6.04 Å². The molecule has 24 heavy (non-hydrogen) atoms. The molecule has 0 aliphatic rings. The molecule has 0 saturated carbocycles. The minimum atomic E-state index is -3.60. The Kier molecular flexibility index (Phi) is 5.92. The summed E-state index contributed by atoms with van der Waals surface area (Å²) in [6, 6.07) is 13.2. The van der Waals surface area contributed by atoms with E-state index in [0.29, 0.717) is 17.8 Å². The van der Waals surface area contributed by atoms with E-state index < -0.39 is 16.1 Å². The van der Waals surface area contributed by atoms with Crippen LogP contribution >= 0.6 is 0 Å². The van der Waals surface area contributed by atoms with Gasteiger partial charge in [-0.15, -0.1) is 0 Å². The van der Waals surface area contributed by atoms with E-state index in [9.17, 15) is 13.2 Å². The molecule has 1 amide bonds. The van der Waals surface area contributed by atoms with Crippen molar-refractivity contribution in [2.45, 2.75) is 25.9 Å². The summed E-state index contributed by atoms with van der Waals surface area (Å²) in [6.07, 6.45) is 3.11. The van der Waals surface area contributed by atoms with Gasteiger partial charge in [0, 0.05) is 6.20 Å². The lowest BCUT2D eigenvalue weighted by Crippen LogP contribution is -2.49. The minimum absolute atomic E-state index is 0.253. The summed E-state index contributed by atoms with van der Waals surface area (Å²) in [7, 11) is -3.60. The van der Waals surface area contributed by atoms with Crippen LogP contribution in [0.3, 0.4) is 0 Å². The number of carbonyl (C=O) groups excluding carboxylic acids is 1. The summed E-state index contributed by atoms with van der Waals surface area (Å²) in [5.41, 5.74) is 1.19. The molecular weight excluding hydrogens is 326 g/mol. The Balaban J connectivity index is 2.21. The fourth-order valence-electron chi connectivity index (χ4n) is 2.43. The van der Waals surface area contributed by atoms with Crippen molar-refractivity contribution in [2.24, 2.45) is 0 Å². The van der Waals surface area contributed by atoms with Crippen molar-refractivity contribution in [2.75, 3.05) is 10.6 Å². The average Bonchev–Trinajstić information content (AvgIpc) is 2.58. The fraction of sp³-hybridized carbons (Fsp3) is 0.294. The highest BCUT2D eigenvalue weighted by molar-refractivity contribution is 7.92. The molecule has 0 fully saturated rings. The Bertz CT molecular complexity index is 764. The summed E-state index contributed by atoms with van der Waals surface area (Å²) < 4.78 is 25.7. The molecule has 1 aromatic carbocycles. The van der Waals surface area contributed by atoms with Crippen LogP contribution in [-0.2, 0) is 21.4 Å². The van der Waals surface area contributed by atoms with E-state index in [0.717, 1.165) is 6.26 Å². The first kappa shape index (κ1) is 17.9. The summed E-state index contributed by atoms with van der Waals surface area (Å²) >= 11 is 0. The van der Waals surface area contributed by atoms with Crippen molar-refractivity contribution in [3.63, 3.8) is 0 Å². The smallest absolute Gasteiger partial charge is 0.244 e. The molecule has 1 heterocycles. The van der Waals surface area contributed by atoms with E-state index in [2.05, 4.69) is 10.3 Å². The molecular formula is C17H21N3O3S. The van der Waals surface area contributed by atoms with E-state index in [4.69, 9.17) is 0 Å². The van der Waals surface area contributed by atoms with Crippen LogP contribution in [0.15, 0.2) is 54.7 Å². The Morgan fingerprint density at radius 2 is 1.83 bits per heavy atom. The Labute approximate surface area is 142 Å². The van der Waals surface area contributed by atoms with Crippen LogP contribution < -0.4 is 9.62 Å². The number of nitrogens with zero attached hydrogens (tertiary/aromatic N) is 2. The minimum Gasteiger partial charge on any atom is -0.349 e. The lowest BCUT2D eigenvalue weighted by Gasteiger charge is -2.30. The third-order valence-electron chi connectivity index (χ3n) is 3.51. The van der Waals surface area contributed by atoms with Gasteiger partial charge < -0.3 is 5.32 Å². The van der Waals surface area contributed by atoms with Crippen molar-refractivity contribution in [1.29, 1.82) is 0 Å². The van der Waals surface area contributed by atoms with Gasteiger partial charge in [0.2, 0.25) is 15.9 Å². The number of nitrogens with one attached hydrogen (secondary N) is 1. The first-order chi connectivity index (χ1) is 11.4. The fourth-order valence-corrected chi connectivity index (χ4v) is 3.65. The molecule has 0 aliphatic carbocycles. The maximum atomic E-state index is 12.6. The molecule has 7 heteroatoms. The third kappa shape index (κ3) is 4.55. The number of para-hydroxylation sites is 1. The summed E-state index contributed by atoms with van der Waals surface area (Å²) in [5, 5.41) is 2.76. The van der Waals surface area contributed by atoms with E-state index in [1.54, 1.807) is 55.6 Å². The van der Waals surface area contributed by atoms with Crippen LogP contribution in [0.2, 0.25) is 0 Å². The molecule has 2 aromatic rings. The van der Waals surface area contributed by atoms with Gasteiger partial charge in [-0.25, -0.2) is 8.42 Å². The molecule has 1 N–H and O–H groups in total. The van der Waals surface area contributed by atoms with Crippen LogP contribution in [0.1, 0.15) is 19.0 Å². The maximum Gasteiger partial charge on any atom is 0.244 e. The van der Waals surface area contributed by atoms with Crippen LogP contribution in [0.25, 0.3) is 0 Å². The number of pyridine rings is 1. The number of hydrogen-bond donors (Lipinski definition) is 1. The number of sulfonamides is 1. The first-order valence-electron chi connectivity index (χ1n) is 7.65. The van der Waals surface area contributed by atoms with Crippen molar-refractivity contribution in [1.82, 2.24) is 10.3 Å². The SMILES string of the molecule is CC[C@H](C(=O)NCc1ccccn1)N(c1ccccc1)S(C)(=O)=O. The van der Waals surface area contributed by atoms with E-state index in [1.165, 1.54) is 4.31 Å². The number of amides is 1. The standard InChI is InChI=1S/C17H21N3O3S/c1-3-16(17(21)19-13-14-9-7-8-12-18-14)20(24(2,22)23)15-10-5-4-6-11-15/h4-12,16H,3,13H2,1-2H3,(H,19,21)/t16-/m1/s1. The van der Waals surface area contributed by atoms with Crippen molar-refractivity contribution >= 4 is 21.6 Å². The monoisotopic (exact) mass is 347 g/mol. The van der Waals surface area contributed by atoms with E-state index in [-0.39, 0.29) is 12.5 Å². The maximum absolute atomic E-state index is 12.6. The zero-order valence-electron chi connectivity index (χ0n) is 13.7. The van der Waals surface area contributed by atoms with Gasteiger partial charge in [-0.3, -0.25) is 14.1 Å². The molecule has 0 aliphatic heterocycles. The molecule has 0 radical (unpaired) electrons. The summed E-state index contributed by atoms with van der Waals surface area (Å²) in [6.45, 7) is 2.04. The second kappa shape index (κ2) is 7.92. The molecule has 1 atom stereocenters. The molecule has 0 spiro atoms. The highest BCUT2D eigenvalue weighted by Gasteiger charge is 2.31. The van der Waals surface area contributed by atoms with Gasteiger partial charge in [0.05, 0.1) is 24.2 Å². The number of anilines is 1. The predicted molar refractivity (Wildman–Crippen MR) is 93.9 cm³/mol. The molecule has 128 valence electrons. The third-order valence-corrected chi connectivity index (χ3v) is 4.69. The molecule has 1 aromatic heterocycles. The van der Waals surface area contributed by atoms with Crippen LogP contribution in [-0.4, -0.2) is 31.6 Å². The summed E-state index contributed by atoms with van der Waals surface area (Å²) in [5.74, 6) is -0.350. The van der Waals surface area contributed by atoms with Gasteiger partial charge in [0.25, 0.3) is 0 Å². The number of aromatic nitrogens is 1. The highest BCUT2D eigenvalue weighted by Crippen LogP contribution is 2.22. The Hall–Kier alpha value is -2.41. The van der Waals surface area contributed by atoms with Gasteiger partial charge in [-0.1, -0.05) is 31.2 Å². The van der Waals surface area contributed by atoms with Gasteiger partial charge in [-0.2, -0.15) is 0 Å². The quantitative estimate of drug-likeness (QED) is 0.830. The molecule has 2 rings (SSSR count). The zero-order valence-corrected chi connectivity index (χ0v) is 14.5. The summed E-state index contributed by atoms with van der Waals surface area (Å²) in [4.78, 5) is 16.7. The average molecular weight is 347 g/mol. The molecule has 6 nitrogen and oxygen atoms in total. The van der Waals surface area contributed by atoms with Crippen molar-refractivity contribution < 1.29 is 13.2 Å². The van der Waals surface area contributed by atoms with Gasteiger partial charge in [0.15, 0.2) is 0 Å². The predicted octanol–water partition coefficient (Wildman–Crippen LogP) is 1.94. The number of rotatable bonds is 7. The number of hydrogen-bond acceptors (Lipinski definition) is 4. The van der Waals surface area contributed by atoms with Crippen molar-refractivity contribution in [3.05, 3.63) is 60.4 Å². The van der Waals surface area contributed by atoms with Crippen LogP contribution in [0.5, 0.6) is 0 Å². The van der Waals surface area contributed by atoms with Gasteiger partial charge >= 0.3 is 0 Å². The van der Waals surface area contributed by atoms with Gasteiger partial charge in [-0.05, 0) is 30.7 Å². The topological polar surface area (TPSA) is 79.4 Å². The second-order valence-corrected chi connectivity index (χ2v) is 7.22. The molecule has 0 unspecified atom stereocenters. The van der Waals surface area contributed by atoms with E-state index >= 15 is 0 Å². The largest absolute Gasteiger partial charge is 0.349 e. The lowest BCUT2D eigenvalue weighted by atomic mass is 10.2. The Morgan fingerprint density at radius 1 is 1.17 bits per heavy atom. The zero-order chi connectivity index (χ0) is 17.6. The molecule has 0 bridgehead atoms. The number of carbonyl (C=O) groups is 1. The van der Waals surface area contributed by atoms with Crippen LogP contribution in [0, 0.1) is 0 Å². The lowest BCUT2D eigenvalue weighted by molar-refractivity contribution is -0.122. The Morgan fingerprint density at radius 3 is 2.38 bits per heavy atom. The van der Waals surface area contributed by atoms with Crippen LogP contribution in [0.4, 0.5) is 5.69 Å².